The Bertz CT molecular complexity index is 354. The highest BCUT2D eigenvalue weighted by Crippen LogP contribution is 2.25. The first-order chi connectivity index (χ1) is 8.33. The van der Waals surface area contributed by atoms with Crippen LogP contribution in [0.15, 0.2) is 29.2 Å². The van der Waals surface area contributed by atoms with E-state index in [9.17, 15) is 0 Å². The van der Waals surface area contributed by atoms with E-state index in [2.05, 4.69) is 42.3 Å². The van der Waals surface area contributed by atoms with Gasteiger partial charge in [0.15, 0.2) is 0 Å². The molecule has 1 atom stereocenters. The molecule has 1 heterocycles. The van der Waals surface area contributed by atoms with E-state index >= 15 is 0 Å². The molecule has 0 aromatic heterocycles. The molecule has 1 aromatic rings. The van der Waals surface area contributed by atoms with Crippen molar-refractivity contribution in [2.24, 2.45) is 0 Å². The van der Waals surface area contributed by atoms with E-state index in [0.717, 1.165) is 19.7 Å². The summed E-state index contributed by atoms with van der Waals surface area (Å²) in [4.78, 5) is 3.82. The molecule has 0 bridgehead atoms. The molecule has 17 heavy (non-hydrogen) atoms. The molecule has 0 aliphatic carbocycles. The number of morpholine rings is 1. The van der Waals surface area contributed by atoms with Gasteiger partial charge in [0, 0.05) is 18.0 Å². The molecule has 0 N–H and O–H groups in total. The van der Waals surface area contributed by atoms with Gasteiger partial charge in [0.25, 0.3) is 0 Å². The topological polar surface area (TPSA) is 12.5 Å². The maximum Gasteiger partial charge on any atom is 0.0952 e. The summed E-state index contributed by atoms with van der Waals surface area (Å²) in [6.45, 7) is 6.38. The molecule has 1 unspecified atom stereocenters. The number of ether oxygens (including phenoxy) is 1. The number of thioether (sulfide) groups is 1. The van der Waals surface area contributed by atoms with Gasteiger partial charge in [-0.1, -0.05) is 19.1 Å². The molecule has 2 nitrogen and oxygen atoms in total. The van der Waals surface area contributed by atoms with Crippen LogP contribution in [-0.2, 0) is 4.74 Å². The minimum Gasteiger partial charge on any atom is -0.371 e. The van der Waals surface area contributed by atoms with Crippen molar-refractivity contribution in [3.63, 3.8) is 0 Å². The predicted molar refractivity (Wildman–Crippen MR) is 73.6 cm³/mol. The number of nitrogens with zero attached hydrogens (tertiary/aromatic N) is 1. The fourth-order valence-electron chi connectivity index (χ4n) is 2.27. The van der Waals surface area contributed by atoms with E-state index in [-0.39, 0.29) is 6.10 Å². The summed E-state index contributed by atoms with van der Waals surface area (Å²) in [5, 5.41) is 0. The average molecular weight is 251 g/mol. The maximum absolute atomic E-state index is 5.89. The molecule has 1 aromatic carbocycles. The quantitative estimate of drug-likeness (QED) is 0.763. The van der Waals surface area contributed by atoms with Gasteiger partial charge in [-0.3, -0.25) is 4.90 Å². The normalized spacial score (nSPS) is 21.6. The summed E-state index contributed by atoms with van der Waals surface area (Å²) in [5.41, 5.74) is 1.32. The third-order valence-electron chi connectivity index (χ3n) is 3.16. The van der Waals surface area contributed by atoms with Crippen LogP contribution < -0.4 is 0 Å². The molecular formula is C14H21NOS. The molecule has 2 rings (SSSR count). The number of benzene rings is 1. The van der Waals surface area contributed by atoms with Gasteiger partial charge in [-0.25, -0.2) is 0 Å². The Morgan fingerprint density at radius 2 is 2.35 bits per heavy atom. The molecule has 0 saturated carbocycles. The Labute approximate surface area is 108 Å². The van der Waals surface area contributed by atoms with Crippen LogP contribution in [-0.4, -0.2) is 37.4 Å². The van der Waals surface area contributed by atoms with Crippen LogP contribution in [0.25, 0.3) is 0 Å². The fourth-order valence-corrected chi connectivity index (χ4v) is 2.73. The van der Waals surface area contributed by atoms with Crippen molar-refractivity contribution in [1.82, 2.24) is 4.90 Å². The lowest BCUT2D eigenvalue weighted by molar-refractivity contribution is -0.0299. The van der Waals surface area contributed by atoms with Crippen molar-refractivity contribution in [2.45, 2.75) is 24.3 Å². The molecule has 94 valence electrons. The third-order valence-corrected chi connectivity index (χ3v) is 3.88. The third kappa shape index (κ3) is 3.47. The van der Waals surface area contributed by atoms with Crippen LogP contribution in [0.4, 0.5) is 0 Å². The smallest absolute Gasteiger partial charge is 0.0952 e. The monoisotopic (exact) mass is 251 g/mol. The zero-order chi connectivity index (χ0) is 12.1. The lowest BCUT2D eigenvalue weighted by Crippen LogP contribution is -2.38. The van der Waals surface area contributed by atoms with Crippen molar-refractivity contribution in [1.29, 1.82) is 0 Å². The van der Waals surface area contributed by atoms with E-state index in [1.165, 1.54) is 23.4 Å². The number of hydrogen-bond donors (Lipinski definition) is 0. The van der Waals surface area contributed by atoms with Gasteiger partial charge in [0.1, 0.15) is 0 Å². The Balaban J connectivity index is 2.05. The first kappa shape index (κ1) is 12.9. The Hall–Kier alpha value is -0.510. The van der Waals surface area contributed by atoms with Crippen LogP contribution in [0.5, 0.6) is 0 Å². The first-order valence-corrected chi connectivity index (χ1v) is 7.54. The van der Waals surface area contributed by atoms with Crippen molar-refractivity contribution < 1.29 is 4.74 Å². The van der Waals surface area contributed by atoms with Gasteiger partial charge >= 0.3 is 0 Å². The average Bonchev–Trinajstić information content (AvgIpc) is 2.40. The lowest BCUT2D eigenvalue weighted by atomic mass is 10.1. The van der Waals surface area contributed by atoms with Gasteiger partial charge in [-0.05, 0) is 36.9 Å². The van der Waals surface area contributed by atoms with Gasteiger partial charge < -0.3 is 4.74 Å². The number of rotatable bonds is 4. The minimum absolute atomic E-state index is 0.252. The summed E-state index contributed by atoms with van der Waals surface area (Å²) in [6.07, 6.45) is 3.59. The second-order valence-electron chi connectivity index (χ2n) is 4.44. The Morgan fingerprint density at radius 3 is 3.12 bits per heavy atom. The van der Waals surface area contributed by atoms with Crippen LogP contribution in [0.3, 0.4) is 0 Å². The standard InChI is InChI=1S/C14H21NOS/c1-3-7-15-8-9-16-14(11-15)12-5-4-6-13(10-12)17-2/h4-6,10,14H,3,7-9,11H2,1-2H3. The van der Waals surface area contributed by atoms with E-state index in [4.69, 9.17) is 4.74 Å². The van der Waals surface area contributed by atoms with Gasteiger partial charge in [-0.2, -0.15) is 0 Å². The first-order valence-electron chi connectivity index (χ1n) is 6.31. The molecule has 0 amide bonds. The molecule has 1 aliphatic rings. The SMILES string of the molecule is CCCN1CCOC(c2cccc(SC)c2)C1. The number of hydrogen-bond acceptors (Lipinski definition) is 3. The van der Waals surface area contributed by atoms with Crippen molar-refractivity contribution in [2.75, 3.05) is 32.5 Å². The zero-order valence-electron chi connectivity index (χ0n) is 10.7. The van der Waals surface area contributed by atoms with Crippen LogP contribution in [0, 0.1) is 0 Å². The molecule has 1 saturated heterocycles. The second-order valence-corrected chi connectivity index (χ2v) is 5.32. The Morgan fingerprint density at radius 1 is 1.47 bits per heavy atom. The van der Waals surface area contributed by atoms with E-state index < -0.39 is 0 Å². The summed E-state index contributed by atoms with van der Waals surface area (Å²) in [6, 6.07) is 8.72. The summed E-state index contributed by atoms with van der Waals surface area (Å²) >= 11 is 1.79. The van der Waals surface area contributed by atoms with E-state index in [1.807, 2.05) is 0 Å². The highest BCUT2D eigenvalue weighted by atomic mass is 32.2. The predicted octanol–water partition coefficient (Wildman–Crippen LogP) is 3.19. The zero-order valence-corrected chi connectivity index (χ0v) is 11.5. The largest absolute Gasteiger partial charge is 0.371 e. The molecule has 3 heteroatoms. The fraction of sp³-hybridized carbons (Fsp3) is 0.571. The van der Waals surface area contributed by atoms with Crippen LogP contribution in [0.2, 0.25) is 0 Å². The second kappa shape index (κ2) is 6.43. The highest BCUT2D eigenvalue weighted by Gasteiger charge is 2.21. The summed E-state index contributed by atoms with van der Waals surface area (Å²) in [7, 11) is 0. The van der Waals surface area contributed by atoms with E-state index in [0.29, 0.717) is 0 Å². The molecule has 1 fully saturated rings. The van der Waals surface area contributed by atoms with Gasteiger partial charge in [0.05, 0.1) is 12.7 Å². The molecule has 1 aliphatic heterocycles. The van der Waals surface area contributed by atoms with Gasteiger partial charge in [-0.15, -0.1) is 11.8 Å². The van der Waals surface area contributed by atoms with Crippen LogP contribution >= 0.6 is 11.8 Å². The van der Waals surface area contributed by atoms with Crippen molar-refractivity contribution in [3.8, 4) is 0 Å². The van der Waals surface area contributed by atoms with Crippen molar-refractivity contribution in [3.05, 3.63) is 29.8 Å². The molecular weight excluding hydrogens is 230 g/mol. The summed E-state index contributed by atoms with van der Waals surface area (Å²) in [5.74, 6) is 0. The van der Waals surface area contributed by atoms with E-state index in [1.54, 1.807) is 11.8 Å². The molecule has 0 spiro atoms. The maximum atomic E-state index is 5.89. The van der Waals surface area contributed by atoms with Gasteiger partial charge in [0.2, 0.25) is 0 Å². The molecule has 0 radical (unpaired) electrons. The minimum atomic E-state index is 0.252. The van der Waals surface area contributed by atoms with Crippen LogP contribution in [0.1, 0.15) is 25.0 Å². The summed E-state index contributed by atoms with van der Waals surface area (Å²) < 4.78 is 5.89. The Kier molecular flexibility index (Phi) is 4.89. The highest BCUT2D eigenvalue weighted by molar-refractivity contribution is 7.98. The lowest BCUT2D eigenvalue weighted by Gasteiger charge is -2.33. The van der Waals surface area contributed by atoms with Crippen molar-refractivity contribution >= 4 is 11.8 Å².